The van der Waals surface area contributed by atoms with Crippen molar-refractivity contribution in [2.45, 2.75) is 6.42 Å². The van der Waals surface area contributed by atoms with Gasteiger partial charge < -0.3 is 15.6 Å². The van der Waals surface area contributed by atoms with Gasteiger partial charge in [0.1, 0.15) is 0 Å². The molecule has 0 atom stereocenters. The number of imidazole rings is 1. The van der Waals surface area contributed by atoms with Gasteiger partial charge in [-0.1, -0.05) is 0 Å². The first-order chi connectivity index (χ1) is 9.32. The van der Waals surface area contributed by atoms with Crippen LogP contribution < -0.4 is 21.9 Å². The third-order valence-electron chi connectivity index (χ3n) is 3.16. The molecule has 108 valence electrons. The van der Waals surface area contributed by atoms with Gasteiger partial charge in [0.25, 0.3) is 5.56 Å². The lowest BCUT2D eigenvalue weighted by Gasteiger charge is -2.14. The monoisotopic (exact) mass is 279 g/mol. The molecular weight excluding hydrogens is 262 g/mol. The summed E-state index contributed by atoms with van der Waals surface area (Å²) in [5, 5.41) is 7.20. The maximum Gasteiger partial charge on any atom is 0.332 e. The Balaban J connectivity index is 2.52. The van der Waals surface area contributed by atoms with Gasteiger partial charge in [0, 0.05) is 34.1 Å². The van der Waals surface area contributed by atoms with Crippen LogP contribution in [-0.2, 0) is 14.1 Å². The predicted octanol–water partition coefficient (Wildman–Crippen LogP) is -1.28. The Morgan fingerprint density at radius 3 is 2.65 bits per heavy atom. The van der Waals surface area contributed by atoms with Crippen LogP contribution in [0.25, 0.3) is 11.2 Å². The van der Waals surface area contributed by atoms with Crippen molar-refractivity contribution in [3.8, 4) is 0 Å². The van der Waals surface area contributed by atoms with Crippen LogP contribution in [0.5, 0.6) is 0 Å². The highest BCUT2D eigenvalue weighted by atomic mass is 16.2. The molecule has 0 aliphatic carbocycles. The lowest BCUT2D eigenvalue weighted by molar-refractivity contribution is 0.708. The summed E-state index contributed by atoms with van der Waals surface area (Å²) < 4.78 is 2.34. The van der Waals surface area contributed by atoms with Gasteiger partial charge in [-0.05, 0) is 0 Å². The Labute approximate surface area is 114 Å². The molecule has 2 heterocycles. The highest BCUT2D eigenvalue weighted by Crippen LogP contribution is 2.11. The van der Waals surface area contributed by atoms with Crippen LogP contribution in [0.15, 0.2) is 9.59 Å². The Hall–Kier alpha value is -2.58. The Morgan fingerprint density at radius 1 is 1.40 bits per heavy atom. The molecule has 2 aromatic heterocycles. The van der Waals surface area contributed by atoms with Crippen LogP contribution >= 0.6 is 0 Å². The lowest BCUT2D eigenvalue weighted by Crippen LogP contribution is -2.36. The molecule has 0 radical (unpaired) electrons. The van der Waals surface area contributed by atoms with E-state index in [-0.39, 0.29) is 11.4 Å². The second-order valence-corrected chi connectivity index (χ2v) is 4.66. The Bertz CT molecular complexity index is 782. The minimum Gasteiger partial charge on any atom is -0.388 e. The van der Waals surface area contributed by atoms with Crippen molar-refractivity contribution < 1.29 is 0 Å². The van der Waals surface area contributed by atoms with Gasteiger partial charge in [-0.3, -0.25) is 19.3 Å². The second kappa shape index (κ2) is 4.83. The summed E-state index contributed by atoms with van der Waals surface area (Å²) in [5.74, 6) is 0.538. The zero-order valence-corrected chi connectivity index (χ0v) is 11.6. The molecular formula is C11H17N7O2. The van der Waals surface area contributed by atoms with Crippen molar-refractivity contribution in [2.24, 2.45) is 19.8 Å². The normalized spacial score (nSPS) is 10.9. The number of rotatable bonds is 4. The number of amidine groups is 1. The molecule has 20 heavy (non-hydrogen) atoms. The van der Waals surface area contributed by atoms with E-state index in [1.807, 2.05) is 0 Å². The van der Waals surface area contributed by atoms with Crippen molar-refractivity contribution in [1.82, 2.24) is 19.1 Å². The highest BCUT2D eigenvalue weighted by Gasteiger charge is 2.15. The van der Waals surface area contributed by atoms with Crippen LogP contribution in [0, 0.1) is 5.41 Å². The minimum atomic E-state index is -0.424. The molecule has 0 aromatic carbocycles. The van der Waals surface area contributed by atoms with Crippen LogP contribution in [0.3, 0.4) is 0 Å². The van der Waals surface area contributed by atoms with Gasteiger partial charge in [-0.25, -0.2) is 4.79 Å². The molecule has 9 nitrogen and oxygen atoms in total. The summed E-state index contributed by atoms with van der Waals surface area (Å²) in [5.41, 5.74) is 5.06. The first-order valence-corrected chi connectivity index (χ1v) is 6.02. The smallest absolute Gasteiger partial charge is 0.332 e. The van der Waals surface area contributed by atoms with E-state index in [2.05, 4.69) is 9.97 Å². The first kappa shape index (κ1) is 13.8. The zero-order chi connectivity index (χ0) is 15.0. The molecule has 0 saturated carbocycles. The standard InChI is InChI=1S/C11H17N7O2/c1-16(5-4-6(12)13)10-14-7-8(15-10)17(2)11(20)18(3)9(7)19/h4-5H2,1-3H3,(H3,12,13)(H,14,15). The average molecular weight is 279 g/mol. The largest absolute Gasteiger partial charge is 0.388 e. The van der Waals surface area contributed by atoms with Crippen LogP contribution in [0.4, 0.5) is 5.95 Å². The molecule has 0 amide bonds. The van der Waals surface area contributed by atoms with E-state index in [1.54, 1.807) is 19.0 Å². The Morgan fingerprint density at radius 2 is 2.05 bits per heavy atom. The van der Waals surface area contributed by atoms with E-state index in [0.29, 0.717) is 24.6 Å². The molecule has 0 fully saturated rings. The number of hydrogen-bond donors (Lipinski definition) is 3. The molecule has 0 bridgehead atoms. The zero-order valence-electron chi connectivity index (χ0n) is 11.6. The van der Waals surface area contributed by atoms with Gasteiger partial charge in [-0.2, -0.15) is 4.98 Å². The summed E-state index contributed by atoms with van der Waals surface area (Å²) in [6.45, 7) is 0.490. The summed E-state index contributed by atoms with van der Waals surface area (Å²) in [4.78, 5) is 32.7. The fourth-order valence-electron chi connectivity index (χ4n) is 1.89. The molecule has 0 spiro atoms. The van der Waals surface area contributed by atoms with Gasteiger partial charge in [-0.15, -0.1) is 0 Å². The van der Waals surface area contributed by atoms with E-state index < -0.39 is 11.2 Å². The number of aryl methyl sites for hydroxylation is 1. The molecule has 4 N–H and O–H groups in total. The van der Waals surface area contributed by atoms with E-state index in [1.165, 1.54) is 11.6 Å². The Kier molecular flexibility index (Phi) is 3.35. The molecule has 0 unspecified atom stereocenters. The van der Waals surface area contributed by atoms with Crippen molar-refractivity contribution in [2.75, 3.05) is 18.5 Å². The number of aromatic nitrogens is 4. The number of nitrogens with two attached hydrogens (primary N) is 1. The summed E-state index contributed by atoms with van der Waals surface area (Å²) in [6.07, 6.45) is 0.393. The first-order valence-electron chi connectivity index (χ1n) is 6.02. The average Bonchev–Trinajstić information content (AvgIpc) is 2.85. The molecule has 0 saturated heterocycles. The highest BCUT2D eigenvalue weighted by molar-refractivity contribution is 5.77. The second-order valence-electron chi connectivity index (χ2n) is 4.66. The van der Waals surface area contributed by atoms with Gasteiger partial charge in [0.2, 0.25) is 5.95 Å². The van der Waals surface area contributed by atoms with Gasteiger partial charge >= 0.3 is 5.69 Å². The van der Waals surface area contributed by atoms with Crippen LogP contribution in [-0.4, -0.2) is 38.5 Å². The number of nitrogens with one attached hydrogen (secondary N) is 2. The number of fused-ring (bicyclic) bond motifs is 1. The van der Waals surface area contributed by atoms with Crippen LogP contribution in [0.1, 0.15) is 6.42 Å². The summed E-state index contributed by atoms with van der Waals surface area (Å²) >= 11 is 0. The summed E-state index contributed by atoms with van der Waals surface area (Å²) in [6, 6.07) is 0. The molecule has 9 heteroatoms. The van der Waals surface area contributed by atoms with Gasteiger partial charge in [0.15, 0.2) is 11.2 Å². The number of hydrogen-bond acceptors (Lipinski definition) is 5. The van der Waals surface area contributed by atoms with Gasteiger partial charge in [0.05, 0.1) is 5.84 Å². The number of anilines is 1. The summed E-state index contributed by atoms with van der Waals surface area (Å²) in [7, 11) is 4.75. The predicted molar refractivity (Wildman–Crippen MR) is 76.4 cm³/mol. The molecule has 0 aliphatic rings. The minimum absolute atomic E-state index is 0.0799. The van der Waals surface area contributed by atoms with Crippen molar-refractivity contribution in [3.63, 3.8) is 0 Å². The molecule has 0 aliphatic heterocycles. The number of aromatic amines is 1. The SMILES string of the molecule is CN(CCC(=N)N)c1nc2c([nH]1)c(=O)n(C)c(=O)n2C. The van der Waals surface area contributed by atoms with Crippen molar-refractivity contribution >= 4 is 22.9 Å². The topological polar surface area (TPSA) is 126 Å². The third-order valence-corrected chi connectivity index (χ3v) is 3.16. The van der Waals surface area contributed by atoms with Crippen molar-refractivity contribution in [3.05, 3.63) is 20.8 Å². The van der Waals surface area contributed by atoms with E-state index >= 15 is 0 Å². The number of nitrogens with zero attached hydrogens (tertiary/aromatic N) is 4. The maximum atomic E-state index is 12.0. The maximum absolute atomic E-state index is 12.0. The fraction of sp³-hybridized carbons (Fsp3) is 0.455. The van der Waals surface area contributed by atoms with E-state index in [0.717, 1.165) is 4.57 Å². The quantitative estimate of drug-likeness (QED) is 0.475. The van der Waals surface area contributed by atoms with E-state index in [4.69, 9.17) is 11.1 Å². The molecule has 2 rings (SSSR count). The van der Waals surface area contributed by atoms with Crippen LogP contribution in [0.2, 0.25) is 0 Å². The fourth-order valence-corrected chi connectivity index (χ4v) is 1.89. The molecule has 2 aromatic rings. The van der Waals surface area contributed by atoms with E-state index in [9.17, 15) is 9.59 Å². The number of H-pyrrole nitrogens is 1. The van der Waals surface area contributed by atoms with Crippen molar-refractivity contribution in [1.29, 1.82) is 5.41 Å². The lowest BCUT2D eigenvalue weighted by atomic mass is 10.4. The third kappa shape index (κ3) is 2.17.